The second-order valence-corrected chi connectivity index (χ2v) is 9.74. The molecule has 0 spiro atoms. The molecule has 1 aliphatic carbocycles. The Balaban J connectivity index is 1.58. The second kappa shape index (κ2) is 7.85. The van der Waals surface area contributed by atoms with Crippen LogP contribution in [-0.2, 0) is 22.9 Å². The van der Waals surface area contributed by atoms with E-state index in [1.54, 1.807) is 24.3 Å². The Kier molecular flexibility index (Phi) is 5.45. The van der Waals surface area contributed by atoms with E-state index < -0.39 is 10.0 Å². The molecule has 1 heterocycles. The number of fused-ring (bicyclic) bond motifs is 1. The largest absolute Gasteiger partial charge is 0.369 e. The fraction of sp³-hybridized carbons (Fsp3) is 0.455. The van der Waals surface area contributed by atoms with Crippen molar-refractivity contribution in [1.82, 2.24) is 9.62 Å². The molecule has 150 valence electrons. The Morgan fingerprint density at radius 2 is 1.68 bits per heavy atom. The average Bonchev–Trinajstić information content (AvgIpc) is 2.70. The Labute approximate surface area is 168 Å². The predicted octanol–water partition coefficient (Wildman–Crippen LogP) is 2.58. The van der Waals surface area contributed by atoms with E-state index in [0.717, 1.165) is 45.4 Å². The summed E-state index contributed by atoms with van der Waals surface area (Å²) >= 11 is 0. The summed E-state index contributed by atoms with van der Waals surface area (Å²) in [4.78, 5) is 5.16. The third kappa shape index (κ3) is 3.95. The first-order valence-electron chi connectivity index (χ1n) is 10.1. The van der Waals surface area contributed by atoms with Crippen LogP contribution in [0.2, 0.25) is 0 Å². The molecule has 2 aliphatic rings. The third-order valence-electron chi connectivity index (χ3n) is 6.05. The van der Waals surface area contributed by atoms with E-state index in [0.29, 0.717) is 4.90 Å². The summed E-state index contributed by atoms with van der Waals surface area (Å²) in [5.74, 6) is 0. The molecule has 2 aromatic carbocycles. The Morgan fingerprint density at radius 1 is 0.964 bits per heavy atom. The number of piperazine rings is 1. The number of nitrogens with zero attached hydrogens (tertiary/aromatic N) is 2. The molecule has 0 amide bonds. The fourth-order valence-electron chi connectivity index (χ4n) is 4.37. The van der Waals surface area contributed by atoms with Crippen LogP contribution in [0, 0.1) is 6.92 Å². The van der Waals surface area contributed by atoms with Gasteiger partial charge in [0, 0.05) is 37.9 Å². The molecule has 0 bridgehead atoms. The normalized spacial score (nSPS) is 20.8. The van der Waals surface area contributed by atoms with Crippen molar-refractivity contribution < 1.29 is 8.42 Å². The van der Waals surface area contributed by atoms with Gasteiger partial charge in [-0.15, -0.1) is 0 Å². The zero-order valence-corrected chi connectivity index (χ0v) is 17.5. The summed E-state index contributed by atoms with van der Waals surface area (Å²) in [5, 5.41) is 0. The lowest BCUT2D eigenvalue weighted by Crippen LogP contribution is -2.45. The first-order valence-corrected chi connectivity index (χ1v) is 11.5. The summed E-state index contributed by atoms with van der Waals surface area (Å²) in [5.41, 5.74) is 5.35. The minimum Gasteiger partial charge on any atom is -0.369 e. The molecule has 2 aromatic rings. The number of anilines is 1. The summed E-state index contributed by atoms with van der Waals surface area (Å²) in [6.07, 6.45) is 2.52. The molecular weight excluding hydrogens is 370 g/mol. The zero-order chi connectivity index (χ0) is 19.7. The molecule has 0 radical (unpaired) electrons. The van der Waals surface area contributed by atoms with E-state index in [-0.39, 0.29) is 6.04 Å². The molecule has 0 unspecified atom stereocenters. The van der Waals surface area contributed by atoms with Crippen molar-refractivity contribution >= 4 is 15.7 Å². The Bertz CT molecular complexity index is 936. The molecular formula is C22H29N3O2S. The highest BCUT2D eigenvalue weighted by Crippen LogP contribution is 2.33. The van der Waals surface area contributed by atoms with Gasteiger partial charge < -0.3 is 9.80 Å². The van der Waals surface area contributed by atoms with Crippen molar-refractivity contribution in [1.29, 1.82) is 0 Å². The average molecular weight is 400 g/mol. The van der Waals surface area contributed by atoms with Crippen molar-refractivity contribution in [2.75, 3.05) is 38.1 Å². The number of hydrogen-bond acceptors (Lipinski definition) is 4. The summed E-state index contributed by atoms with van der Waals surface area (Å²) in [6.45, 7) is 6.33. The number of benzene rings is 2. The van der Waals surface area contributed by atoms with Crippen LogP contribution in [0.1, 0.15) is 23.1 Å². The minimum absolute atomic E-state index is 0.0641. The SMILES string of the molecule is Cc1ccc(N2CCN(C)CC2)c2c1CC[C@@H](NS(=O)(=O)c1ccccc1)C2. The maximum absolute atomic E-state index is 12.8. The van der Waals surface area contributed by atoms with E-state index in [9.17, 15) is 8.42 Å². The van der Waals surface area contributed by atoms with Gasteiger partial charge in [0.05, 0.1) is 4.90 Å². The monoisotopic (exact) mass is 399 g/mol. The Morgan fingerprint density at radius 3 is 2.39 bits per heavy atom. The van der Waals surface area contributed by atoms with E-state index in [1.165, 1.54) is 22.4 Å². The van der Waals surface area contributed by atoms with Gasteiger partial charge in [0.2, 0.25) is 10.0 Å². The zero-order valence-electron chi connectivity index (χ0n) is 16.7. The first-order chi connectivity index (χ1) is 13.4. The van der Waals surface area contributed by atoms with Crippen LogP contribution < -0.4 is 9.62 Å². The molecule has 6 heteroatoms. The standard InChI is InChI=1S/C22H29N3O2S/c1-17-8-11-22(25-14-12-24(2)13-15-25)21-16-18(9-10-20(17)21)23-28(26,27)19-6-4-3-5-7-19/h3-8,11,18,23H,9-10,12-16H2,1-2H3/t18-/m1/s1. The van der Waals surface area contributed by atoms with Crippen molar-refractivity contribution in [2.45, 2.75) is 37.1 Å². The van der Waals surface area contributed by atoms with Crippen LogP contribution in [0.25, 0.3) is 0 Å². The van der Waals surface area contributed by atoms with Crippen molar-refractivity contribution in [3.8, 4) is 0 Å². The lowest BCUT2D eigenvalue weighted by Gasteiger charge is -2.37. The van der Waals surface area contributed by atoms with E-state index in [4.69, 9.17) is 0 Å². The molecule has 4 rings (SSSR count). The van der Waals surface area contributed by atoms with Gasteiger partial charge in [-0.2, -0.15) is 0 Å². The van der Waals surface area contributed by atoms with Crippen LogP contribution in [-0.4, -0.2) is 52.6 Å². The minimum atomic E-state index is -3.49. The number of rotatable bonds is 4. The van der Waals surface area contributed by atoms with Crippen LogP contribution >= 0.6 is 0 Å². The van der Waals surface area contributed by atoms with Crippen LogP contribution in [0.4, 0.5) is 5.69 Å². The number of hydrogen-bond donors (Lipinski definition) is 1. The van der Waals surface area contributed by atoms with Gasteiger partial charge in [-0.1, -0.05) is 24.3 Å². The molecule has 1 N–H and O–H groups in total. The number of nitrogens with one attached hydrogen (secondary N) is 1. The van der Waals surface area contributed by atoms with Gasteiger partial charge in [-0.3, -0.25) is 0 Å². The summed E-state index contributed by atoms with van der Waals surface area (Å²) in [7, 11) is -1.32. The van der Waals surface area contributed by atoms with Gasteiger partial charge >= 0.3 is 0 Å². The lowest BCUT2D eigenvalue weighted by atomic mass is 9.84. The molecule has 0 saturated carbocycles. The molecule has 1 saturated heterocycles. The summed E-state index contributed by atoms with van der Waals surface area (Å²) < 4.78 is 28.5. The quantitative estimate of drug-likeness (QED) is 0.859. The van der Waals surface area contributed by atoms with Crippen molar-refractivity contribution in [3.63, 3.8) is 0 Å². The number of aryl methyl sites for hydroxylation is 1. The highest BCUT2D eigenvalue weighted by molar-refractivity contribution is 7.89. The lowest BCUT2D eigenvalue weighted by molar-refractivity contribution is 0.312. The second-order valence-electron chi connectivity index (χ2n) is 8.02. The summed E-state index contributed by atoms with van der Waals surface area (Å²) in [6, 6.07) is 13.1. The highest BCUT2D eigenvalue weighted by Gasteiger charge is 2.28. The Hall–Kier alpha value is -1.89. The van der Waals surface area contributed by atoms with E-state index in [2.05, 4.69) is 40.6 Å². The third-order valence-corrected chi connectivity index (χ3v) is 7.59. The molecule has 1 fully saturated rings. The van der Waals surface area contributed by atoms with Gasteiger partial charge in [0.25, 0.3) is 0 Å². The highest BCUT2D eigenvalue weighted by atomic mass is 32.2. The van der Waals surface area contributed by atoms with Crippen LogP contribution in [0.15, 0.2) is 47.4 Å². The smallest absolute Gasteiger partial charge is 0.240 e. The molecule has 5 nitrogen and oxygen atoms in total. The van der Waals surface area contributed by atoms with Crippen LogP contribution in [0.5, 0.6) is 0 Å². The molecule has 28 heavy (non-hydrogen) atoms. The fourth-order valence-corrected chi connectivity index (χ4v) is 5.66. The van der Waals surface area contributed by atoms with Crippen LogP contribution in [0.3, 0.4) is 0 Å². The van der Waals surface area contributed by atoms with Gasteiger partial charge in [-0.25, -0.2) is 13.1 Å². The first kappa shape index (κ1) is 19.4. The maximum Gasteiger partial charge on any atom is 0.240 e. The maximum atomic E-state index is 12.8. The predicted molar refractivity (Wildman–Crippen MR) is 113 cm³/mol. The van der Waals surface area contributed by atoms with E-state index >= 15 is 0 Å². The van der Waals surface area contributed by atoms with Crippen molar-refractivity contribution in [2.24, 2.45) is 0 Å². The number of likely N-dealkylation sites (N-methyl/N-ethyl adjacent to an activating group) is 1. The topological polar surface area (TPSA) is 52.6 Å². The number of sulfonamides is 1. The van der Waals surface area contributed by atoms with Gasteiger partial charge in [0.15, 0.2) is 0 Å². The molecule has 0 aromatic heterocycles. The van der Waals surface area contributed by atoms with E-state index in [1.807, 2.05) is 6.07 Å². The molecule has 1 atom stereocenters. The van der Waals surface area contributed by atoms with Gasteiger partial charge in [0.1, 0.15) is 0 Å². The van der Waals surface area contributed by atoms with Gasteiger partial charge in [-0.05, 0) is 68.1 Å². The molecule has 1 aliphatic heterocycles. The van der Waals surface area contributed by atoms with Crippen molar-refractivity contribution in [3.05, 3.63) is 59.2 Å².